The molecule has 1 aromatic carbocycles. The molecule has 0 saturated heterocycles. The maximum absolute atomic E-state index is 10.1. The summed E-state index contributed by atoms with van der Waals surface area (Å²) in [4.78, 5) is 0. The molecule has 0 spiro atoms. The minimum Gasteiger partial charge on any atom is -0.490 e. The van der Waals surface area contributed by atoms with E-state index in [0.29, 0.717) is 18.3 Å². The van der Waals surface area contributed by atoms with E-state index in [4.69, 9.17) is 9.26 Å². The van der Waals surface area contributed by atoms with Gasteiger partial charge in [-0.05, 0) is 18.9 Å². The average molecular weight is 332 g/mol. The summed E-state index contributed by atoms with van der Waals surface area (Å²) in [5.74, 6) is 0.714. The molecule has 0 bridgehead atoms. The molecule has 0 radical (unpaired) electrons. The lowest BCUT2D eigenvalue weighted by molar-refractivity contribution is 0.105. The summed E-state index contributed by atoms with van der Waals surface area (Å²) in [5.41, 5.74) is 2.71. The predicted octanol–water partition coefficient (Wildman–Crippen LogP) is 3.25. The number of hydrogen-bond acceptors (Lipinski definition) is 5. The second-order valence-corrected chi connectivity index (χ2v) is 6.33. The van der Waals surface area contributed by atoms with Crippen LogP contribution in [-0.2, 0) is 12.8 Å². The fourth-order valence-corrected chi connectivity index (χ4v) is 2.59. The molecule has 0 aliphatic carbocycles. The molecule has 1 unspecified atom stereocenters. The highest BCUT2D eigenvalue weighted by molar-refractivity contribution is 5.88. The van der Waals surface area contributed by atoms with Crippen molar-refractivity contribution >= 4 is 11.0 Å². The molecule has 1 aromatic heterocycles. The van der Waals surface area contributed by atoms with Gasteiger partial charge in [0.25, 0.3) is 0 Å². The van der Waals surface area contributed by atoms with Crippen LogP contribution in [-0.4, -0.2) is 35.6 Å². The van der Waals surface area contributed by atoms with Gasteiger partial charge >= 0.3 is 0 Å². The van der Waals surface area contributed by atoms with Gasteiger partial charge in [-0.2, -0.15) is 0 Å². The number of aromatic nitrogens is 1. The molecule has 1 atom stereocenters. The van der Waals surface area contributed by atoms with Crippen molar-refractivity contribution in [3.63, 3.8) is 0 Å². The number of aliphatic hydroxyl groups excluding tert-OH is 1. The van der Waals surface area contributed by atoms with Gasteiger partial charge in [-0.25, -0.2) is 0 Å². The van der Waals surface area contributed by atoms with E-state index in [1.165, 1.54) is 0 Å². The fraction of sp³-hybridized carbons (Fsp3) is 0.526. The Morgan fingerprint density at radius 2 is 2.21 bits per heavy atom. The van der Waals surface area contributed by atoms with Gasteiger partial charge in [-0.3, -0.25) is 0 Å². The molecule has 0 fully saturated rings. The lowest BCUT2D eigenvalue weighted by Gasteiger charge is -2.15. The standard InChI is InChI=1S/C19H28N2O3/c1-5-7-14-9-10-17(23-12-15(22)11-20-13(3)4)18-16(8-6-2)21-24-19(14)18/h5,9-10,13,15,20,22H,1,6-8,11-12H2,2-4H3. The number of aryl methyl sites for hydroxylation is 1. The maximum Gasteiger partial charge on any atom is 0.174 e. The molecule has 0 aliphatic heterocycles. The van der Waals surface area contributed by atoms with Gasteiger partial charge in [-0.1, -0.05) is 44.5 Å². The molecule has 2 aromatic rings. The van der Waals surface area contributed by atoms with Crippen LogP contribution in [0.15, 0.2) is 29.3 Å². The summed E-state index contributed by atoms with van der Waals surface area (Å²) in [6, 6.07) is 4.23. The van der Waals surface area contributed by atoms with E-state index in [1.54, 1.807) is 0 Å². The number of rotatable bonds is 10. The highest BCUT2D eigenvalue weighted by Gasteiger charge is 2.17. The number of benzene rings is 1. The average Bonchev–Trinajstić information content (AvgIpc) is 2.97. The van der Waals surface area contributed by atoms with Gasteiger partial charge in [0.2, 0.25) is 0 Å². The summed E-state index contributed by atoms with van der Waals surface area (Å²) in [6.45, 7) is 10.7. The van der Waals surface area contributed by atoms with Crippen LogP contribution in [0.4, 0.5) is 0 Å². The molecule has 5 heteroatoms. The van der Waals surface area contributed by atoms with Gasteiger partial charge in [0.05, 0.1) is 11.1 Å². The first-order valence-electron chi connectivity index (χ1n) is 8.62. The van der Waals surface area contributed by atoms with Crippen molar-refractivity contribution in [1.29, 1.82) is 0 Å². The van der Waals surface area contributed by atoms with Crippen LogP contribution in [0.25, 0.3) is 11.0 Å². The Labute approximate surface area is 143 Å². The van der Waals surface area contributed by atoms with Gasteiger partial charge in [0.15, 0.2) is 5.58 Å². The van der Waals surface area contributed by atoms with Crippen molar-refractivity contribution in [2.45, 2.75) is 52.2 Å². The number of nitrogens with zero attached hydrogens (tertiary/aromatic N) is 1. The molecular weight excluding hydrogens is 304 g/mol. The van der Waals surface area contributed by atoms with Gasteiger partial charge in [0, 0.05) is 18.2 Å². The largest absolute Gasteiger partial charge is 0.490 e. The van der Waals surface area contributed by atoms with Crippen LogP contribution in [0.3, 0.4) is 0 Å². The Bertz CT molecular complexity index is 664. The molecule has 132 valence electrons. The van der Waals surface area contributed by atoms with E-state index in [-0.39, 0.29) is 6.61 Å². The number of nitrogens with one attached hydrogen (secondary N) is 1. The third kappa shape index (κ3) is 4.58. The fourth-order valence-electron chi connectivity index (χ4n) is 2.59. The first-order chi connectivity index (χ1) is 11.6. The summed E-state index contributed by atoms with van der Waals surface area (Å²) in [7, 11) is 0. The van der Waals surface area contributed by atoms with E-state index in [0.717, 1.165) is 41.5 Å². The van der Waals surface area contributed by atoms with Crippen LogP contribution in [0.5, 0.6) is 5.75 Å². The first kappa shape index (κ1) is 18.5. The molecule has 0 saturated carbocycles. The van der Waals surface area contributed by atoms with Crippen molar-refractivity contribution in [1.82, 2.24) is 10.5 Å². The molecule has 5 nitrogen and oxygen atoms in total. The van der Waals surface area contributed by atoms with Gasteiger partial charge < -0.3 is 19.7 Å². The number of hydrogen-bond donors (Lipinski definition) is 2. The number of allylic oxidation sites excluding steroid dienone is 1. The Morgan fingerprint density at radius 1 is 1.42 bits per heavy atom. The zero-order valence-electron chi connectivity index (χ0n) is 14.8. The van der Waals surface area contributed by atoms with E-state index >= 15 is 0 Å². The zero-order valence-corrected chi connectivity index (χ0v) is 14.8. The van der Waals surface area contributed by atoms with Gasteiger partial charge in [0.1, 0.15) is 18.5 Å². The Morgan fingerprint density at radius 3 is 2.88 bits per heavy atom. The smallest absolute Gasteiger partial charge is 0.174 e. The Hall–Kier alpha value is -1.85. The molecular formula is C19H28N2O3. The molecule has 2 N–H and O–H groups in total. The molecule has 2 rings (SSSR count). The summed E-state index contributed by atoms with van der Waals surface area (Å²) in [5, 5.41) is 18.4. The van der Waals surface area contributed by atoms with E-state index in [2.05, 4.69) is 24.0 Å². The summed E-state index contributed by atoms with van der Waals surface area (Å²) >= 11 is 0. The van der Waals surface area contributed by atoms with Crippen molar-refractivity contribution < 1.29 is 14.4 Å². The highest BCUT2D eigenvalue weighted by atomic mass is 16.5. The maximum atomic E-state index is 10.1. The normalized spacial score (nSPS) is 12.7. The van der Waals surface area contributed by atoms with Gasteiger partial charge in [-0.15, -0.1) is 6.58 Å². The topological polar surface area (TPSA) is 67.5 Å². The minimum atomic E-state index is -0.565. The zero-order chi connectivity index (χ0) is 17.5. The van der Waals surface area contributed by atoms with Crippen molar-refractivity contribution in [2.75, 3.05) is 13.2 Å². The lowest BCUT2D eigenvalue weighted by Crippen LogP contribution is -2.35. The molecule has 0 aliphatic rings. The van der Waals surface area contributed by atoms with E-state index in [9.17, 15) is 5.11 Å². The van der Waals surface area contributed by atoms with Crippen molar-refractivity contribution in [3.05, 3.63) is 36.0 Å². The number of fused-ring (bicyclic) bond motifs is 1. The van der Waals surface area contributed by atoms with E-state index in [1.807, 2.05) is 32.1 Å². The second-order valence-electron chi connectivity index (χ2n) is 6.33. The van der Waals surface area contributed by atoms with Crippen molar-refractivity contribution in [2.24, 2.45) is 0 Å². The quantitative estimate of drug-likeness (QED) is 0.654. The highest BCUT2D eigenvalue weighted by Crippen LogP contribution is 2.33. The first-order valence-corrected chi connectivity index (χ1v) is 8.62. The van der Waals surface area contributed by atoms with Crippen molar-refractivity contribution in [3.8, 4) is 5.75 Å². The number of ether oxygens (including phenoxy) is 1. The molecule has 1 heterocycles. The third-order valence-corrected chi connectivity index (χ3v) is 3.78. The predicted molar refractivity (Wildman–Crippen MR) is 96.5 cm³/mol. The Balaban J connectivity index is 2.21. The molecule has 24 heavy (non-hydrogen) atoms. The lowest BCUT2D eigenvalue weighted by atomic mass is 10.0. The monoisotopic (exact) mass is 332 g/mol. The third-order valence-electron chi connectivity index (χ3n) is 3.78. The van der Waals surface area contributed by atoms with Crippen LogP contribution in [0.2, 0.25) is 0 Å². The van der Waals surface area contributed by atoms with Crippen LogP contribution < -0.4 is 10.1 Å². The minimum absolute atomic E-state index is 0.229. The Kier molecular flexibility index (Phi) is 6.82. The summed E-state index contributed by atoms with van der Waals surface area (Å²) in [6.07, 6.45) is 3.81. The SMILES string of the molecule is C=CCc1ccc(OCC(O)CNC(C)C)c2c(CCC)noc12. The second kappa shape index (κ2) is 8.85. The van der Waals surface area contributed by atoms with Crippen LogP contribution in [0, 0.1) is 0 Å². The summed E-state index contributed by atoms with van der Waals surface area (Å²) < 4.78 is 11.4. The van der Waals surface area contributed by atoms with Crippen LogP contribution in [0.1, 0.15) is 38.4 Å². The number of aliphatic hydroxyl groups is 1. The molecule has 0 amide bonds. The van der Waals surface area contributed by atoms with Crippen LogP contribution >= 0.6 is 0 Å². The van der Waals surface area contributed by atoms with E-state index < -0.39 is 6.10 Å².